The molecule has 0 aliphatic carbocycles. The van der Waals surface area contributed by atoms with E-state index in [0.717, 1.165) is 0 Å². The number of piperazine rings is 1. The van der Waals surface area contributed by atoms with Gasteiger partial charge in [0.15, 0.2) is 0 Å². The summed E-state index contributed by atoms with van der Waals surface area (Å²) in [4.78, 5) is 28.4. The average molecular weight is 344 g/mol. The van der Waals surface area contributed by atoms with Gasteiger partial charge in [-0.3, -0.25) is 9.59 Å². The van der Waals surface area contributed by atoms with Crippen molar-refractivity contribution in [3.05, 3.63) is 71.3 Å². The van der Waals surface area contributed by atoms with Gasteiger partial charge in [-0.25, -0.2) is 8.78 Å². The van der Waals surface area contributed by atoms with Crippen LogP contribution < -0.4 is 0 Å². The maximum atomic E-state index is 13.0. The molecule has 130 valence electrons. The highest BCUT2D eigenvalue weighted by Gasteiger charge is 2.30. The molecule has 0 bridgehead atoms. The molecule has 3 rings (SSSR count). The number of carbonyl (C=O) groups excluding carboxylic acids is 2. The number of rotatable bonds is 2. The second-order valence-electron chi connectivity index (χ2n) is 6.11. The first kappa shape index (κ1) is 17.1. The summed E-state index contributed by atoms with van der Waals surface area (Å²) in [5, 5.41) is 0. The smallest absolute Gasteiger partial charge is 0.254 e. The van der Waals surface area contributed by atoms with Crippen LogP contribution in [-0.4, -0.2) is 47.3 Å². The van der Waals surface area contributed by atoms with Gasteiger partial charge in [-0.15, -0.1) is 0 Å². The van der Waals surface area contributed by atoms with E-state index in [1.54, 1.807) is 9.80 Å². The minimum Gasteiger partial charge on any atom is -0.335 e. The molecule has 0 saturated carbocycles. The molecule has 6 heteroatoms. The quantitative estimate of drug-likeness (QED) is 0.840. The van der Waals surface area contributed by atoms with Crippen LogP contribution in [0.1, 0.15) is 27.6 Å². The molecule has 0 radical (unpaired) electrons. The van der Waals surface area contributed by atoms with Gasteiger partial charge < -0.3 is 9.80 Å². The predicted octanol–water partition coefficient (Wildman–Crippen LogP) is 2.95. The molecular weight excluding hydrogens is 326 g/mol. The zero-order valence-corrected chi connectivity index (χ0v) is 13.8. The predicted molar refractivity (Wildman–Crippen MR) is 89.2 cm³/mol. The van der Waals surface area contributed by atoms with Crippen LogP contribution in [0.2, 0.25) is 0 Å². The van der Waals surface area contributed by atoms with Crippen LogP contribution in [0.15, 0.2) is 48.5 Å². The van der Waals surface area contributed by atoms with Gasteiger partial charge >= 0.3 is 0 Å². The lowest BCUT2D eigenvalue weighted by Gasteiger charge is -2.40. The van der Waals surface area contributed by atoms with Crippen LogP contribution >= 0.6 is 0 Å². The Labute approximate surface area is 144 Å². The molecular formula is C19H18F2N2O2. The summed E-state index contributed by atoms with van der Waals surface area (Å²) in [5.74, 6) is -1.14. The third kappa shape index (κ3) is 3.68. The topological polar surface area (TPSA) is 40.6 Å². The Hall–Kier alpha value is -2.76. The first-order chi connectivity index (χ1) is 12.0. The van der Waals surface area contributed by atoms with E-state index in [0.29, 0.717) is 30.8 Å². The van der Waals surface area contributed by atoms with Crippen molar-refractivity contribution in [2.45, 2.75) is 13.0 Å². The molecule has 4 nitrogen and oxygen atoms in total. The van der Waals surface area contributed by atoms with Crippen molar-refractivity contribution in [3.8, 4) is 0 Å². The molecule has 2 aromatic carbocycles. The fraction of sp³-hybridized carbons (Fsp3) is 0.263. The van der Waals surface area contributed by atoms with Gasteiger partial charge in [0.05, 0.1) is 0 Å². The Morgan fingerprint density at radius 1 is 0.840 bits per heavy atom. The highest BCUT2D eigenvalue weighted by atomic mass is 19.1. The number of carbonyl (C=O) groups is 2. The van der Waals surface area contributed by atoms with E-state index in [-0.39, 0.29) is 29.5 Å². The van der Waals surface area contributed by atoms with Gasteiger partial charge in [0, 0.05) is 36.8 Å². The molecule has 0 N–H and O–H groups in total. The van der Waals surface area contributed by atoms with E-state index < -0.39 is 0 Å². The van der Waals surface area contributed by atoms with Gasteiger partial charge in [-0.05, 0) is 55.5 Å². The van der Waals surface area contributed by atoms with Crippen LogP contribution in [0.5, 0.6) is 0 Å². The lowest BCUT2D eigenvalue weighted by Crippen LogP contribution is -2.55. The molecule has 1 heterocycles. The Morgan fingerprint density at radius 3 is 1.80 bits per heavy atom. The highest BCUT2D eigenvalue weighted by molar-refractivity contribution is 5.96. The number of halogens is 2. The first-order valence-corrected chi connectivity index (χ1v) is 8.07. The monoisotopic (exact) mass is 344 g/mol. The van der Waals surface area contributed by atoms with Gasteiger partial charge in [-0.2, -0.15) is 0 Å². The van der Waals surface area contributed by atoms with Crippen molar-refractivity contribution < 1.29 is 18.4 Å². The molecule has 2 aromatic rings. The van der Waals surface area contributed by atoms with Gasteiger partial charge in [0.2, 0.25) is 0 Å². The van der Waals surface area contributed by atoms with Crippen molar-refractivity contribution in [2.24, 2.45) is 0 Å². The second-order valence-corrected chi connectivity index (χ2v) is 6.11. The van der Waals surface area contributed by atoms with Gasteiger partial charge in [0.1, 0.15) is 11.6 Å². The minimum atomic E-state index is -0.390. The standard InChI is InChI=1S/C19H18F2N2O2/c1-13-12-22(18(24)14-2-6-16(20)7-3-14)10-11-23(13)19(25)15-4-8-17(21)9-5-15/h2-9,13H,10-12H2,1H3/t13-/m0/s1. The number of nitrogens with zero attached hydrogens (tertiary/aromatic N) is 2. The van der Waals surface area contributed by atoms with Crippen molar-refractivity contribution in [1.82, 2.24) is 9.80 Å². The SMILES string of the molecule is C[C@H]1CN(C(=O)c2ccc(F)cc2)CCN1C(=O)c1ccc(F)cc1. The van der Waals surface area contributed by atoms with E-state index in [4.69, 9.17) is 0 Å². The number of amides is 2. The third-order valence-corrected chi connectivity index (χ3v) is 4.36. The van der Waals surface area contributed by atoms with Crippen LogP contribution in [0.25, 0.3) is 0 Å². The molecule has 0 unspecified atom stereocenters. The maximum Gasteiger partial charge on any atom is 0.254 e. The Morgan fingerprint density at radius 2 is 1.32 bits per heavy atom. The molecule has 1 fully saturated rings. The van der Waals surface area contributed by atoms with E-state index in [1.807, 2.05) is 6.92 Å². The first-order valence-electron chi connectivity index (χ1n) is 8.07. The minimum absolute atomic E-state index is 0.171. The summed E-state index contributed by atoms with van der Waals surface area (Å²) in [6.07, 6.45) is 0. The summed E-state index contributed by atoms with van der Waals surface area (Å²) in [5.41, 5.74) is 0.846. The average Bonchev–Trinajstić information content (AvgIpc) is 2.62. The van der Waals surface area contributed by atoms with Gasteiger partial charge in [0.25, 0.3) is 11.8 Å². The Kier molecular flexibility index (Phi) is 4.79. The zero-order valence-electron chi connectivity index (χ0n) is 13.8. The van der Waals surface area contributed by atoms with Crippen LogP contribution in [0.4, 0.5) is 8.78 Å². The molecule has 1 aliphatic heterocycles. The summed E-state index contributed by atoms with van der Waals surface area (Å²) in [6, 6.07) is 10.7. The summed E-state index contributed by atoms with van der Waals surface area (Å²) < 4.78 is 26.0. The van der Waals surface area contributed by atoms with Crippen LogP contribution in [0, 0.1) is 11.6 Å². The third-order valence-electron chi connectivity index (χ3n) is 4.36. The maximum absolute atomic E-state index is 13.0. The largest absolute Gasteiger partial charge is 0.335 e. The molecule has 25 heavy (non-hydrogen) atoms. The molecule has 2 amide bonds. The Balaban J connectivity index is 1.67. The van der Waals surface area contributed by atoms with Crippen LogP contribution in [0.3, 0.4) is 0 Å². The van der Waals surface area contributed by atoms with Crippen molar-refractivity contribution in [2.75, 3.05) is 19.6 Å². The van der Waals surface area contributed by atoms with E-state index in [9.17, 15) is 18.4 Å². The number of hydrogen-bond acceptors (Lipinski definition) is 2. The fourth-order valence-electron chi connectivity index (χ4n) is 2.98. The molecule has 0 aromatic heterocycles. The normalized spacial score (nSPS) is 17.5. The summed E-state index contributed by atoms with van der Waals surface area (Å²) in [7, 11) is 0. The summed E-state index contributed by atoms with van der Waals surface area (Å²) in [6.45, 7) is 3.05. The van der Waals surface area contributed by atoms with E-state index in [1.165, 1.54) is 48.5 Å². The molecule has 0 spiro atoms. The van der Waals surface area contributed by atoms with Crippen molar-refractivity contribution in [1.29, 1.82) is 0 Å². The summed E-state index contributed by atoms with van der Waals surface area (Å²) >= 11 is 0. The van der Waals surface area contributed by atoms with E-state index >= 15 is 0 Å². The number of hydrogen-bond donors (Lipinski definition) is 0. The lowest BCUT2D eigenvalue weighted by atomic mass is 10.1. The van der Waals surface area contributed by atoms with E-state index in [2.05, 4.69) is 0 Å². The molecule has 1 atom stereocenters. The molecule has 1 saturated heterocycles. The van der Waals surface area contributed by atoms with Crippen molar-refractivity contribution in [3.63, 3.8) is 0 Å². The lowest BCUT2D eigenvalue weighted by molar-refractivity contribution is 0.0414. The van der Waals surface area contributed by atoms with Gasteiger partial charge in [-0.1, -0.05) is 0 Å². The zero-order chi connectivity index (χ0) is 18.0. The number of benzene rings is 2. The Bertz CT molecular complexity index is 775. The second kappa shape index (κ2) is 7.01. The van der Waals surface area contributed by atoms with Crippen molar-refractivity contribution >= 4 is 11.8 Å². The fourth-order valence-corrected chi connectivity index (χ4v) is 2.98. The highest BCUT2D eigenvalue weighted by Crippen LogP contribution is 2.17. The van der Waals surface area contributed by atoms with Crippen LogP contribution in [-0.2, 0) is 0 Å². The molecule has 1 aliphatic rings.